The van der Waals surface area contributed by atoms with Crippen LogP contribution in [0.2, 0.25) is 5.02 Å². The van der Waals surface area contributed by atoms with Crippen LogP contribution >= 0.6 is 11.6 Å². The number of hydrogen-bond donors (Lipinski definition) is 2. The van der Waals surface area contributed by atoms with Gasteiger partial charge < -0.3 is 15.4 Å². The van der Waals surface area contributed by atoms with E-state index in [1.165, 1.54) is 22.5 Å². The van der Waals surface area contributed by atoms with Crippen molar-refractivity contribution in [2.75, 3.05) is 36.9 Å². The Bertz CT molecular complexity index is 1020. The molecular weight excluding hydrogens is 447 g/mol. The molecule has 2 aromatic carbocycles. The van der Waals surface area contributed by atoms with Crippen molar-refractivity contribution in [2.45, 2.75) is 11.1 Å². The summed E-state index contributed by atoms with van der Waals surface area (Å²) in [6.07, 6.45) is -4.49. The summed E-state index contributed by atoms with van der Waals surface area (Å²) < 4.78 is 69.7. The summed E-state index contributed by atoms with van der Waals surface area (Å²) in [5.74, 6) is 0. The van der Waals surface area contributed by atoms with Crippen LogP contribution in [0.15, 0.2) is 47.4 Å². The molecule has 0 aromatic heterocycles. The van der Waals surface area contributed by atoms with Gasteiger partial charge in [-0.3, -0.25) is 0 Å². The Morgan fingerprint density at radius 1 is 1.03 bits per heavy atom. The summed E-state index contributed by atoms with van der Waals surface area (Å²) in [5.41, 5.74) is -0.693. The molecule has 12 heteroatoms. The predicted octanol–water partition coefficient (Wildman–Crippen LogP) is 4.02. The molecule has 1 fully saturated rings. The van der Waals surface area contributed by atoms with Gasteiger partial charge in [0.05, 0.1) is 34.4 Å². The maximum atomic E-state index is 12.7. The van der Waals surface area contributed by atoms with E-state index in [0.29, 0.717) is 0 Å². The van der Waals surface area contributed by atoms with Crippen molar-refractivity contribution >= 4 is 39.0 Å². The van der Waals surface area contributed by atoms with E-state index in [1.54, 1.807) is 0 Å². The number of carbonyl (C=O) groups excluding carboxylic acids is 1. The van der Waals surface area contributed by atoms with E-state index in [4.69, 9.17) is 16.3 Å². The van der Waals surface area contributed by atoms with Gasteiger partial charge >= 0.3 is 12.2 Å². The molecular formula is C18H17ClF3N3O4S. The highest BCUT2D eigenvalue weighted by Crippen LogP contribution is 2.30. The first-order chi connectivity index (χ1) is 14.1. The van der Waals surface area contributed by atoms with Gasteiger partial charge in [0, 0.05) is 18.8 Å². The zero-order valence-corrected chi connectivity index (χ0v) is 16.9. The Morgan fingerprint density at radius 3 is 2.27 bits per heavy atom. The van der Waals surface area contributed by atoms with Crippen LogP contribution in [0.5, 0.6) is 0 Å². The summed E-state index contributed by atoms with van der Waals surface area (Å²) in [7, 11) is -3.80. The lowest BCUT2D eigenvalue weighted by molar-refractivity contribution is -0.137. The fraction of sp³-hybridized carbons (Fsp3) is 0.278. The second-order valence-electron chi connectivity index (χ2n) is 6.31. The molecule has 30 heavy (non-hydrogen) atoms. The van der Waals surface area contributed by atoms with E-state index in [1.807, 2.05) is 0 Å². The van der Waals surface area contributed by atoms with Crippen molar-refractivity contribution in [1.82, 2.24) is 4.31 Å². The van der Waals surface area contributed by atoms with Crippen molar-refractivity contribution in [3.05, 3.63) is 53.1 Å². The third kappa shape index (κ3) is 5.22. The average Bonchev–Trinajstić information content (AvgIpc) is 2.70. The Hall–Kier alpha value is -2.34. The number of nitrogens with one attached hydrogen (secondary N) is 2. The largest absolute Gasteiger partial charge is 0.416 e. The number of amides is 2. The molecule has 7 nitrogen and oxygen atoms in total. The van der Waals surface area contributed by atoms with E-state index in [-0.39, 0.29) is 47.6 Å². The predicted molar refractivity (Wildman–Crippen MR) is 105 cm³/mol. The molecule has 0 atom stereocenters. The number of ether oxygens (including phenoxy) is 1. The number of nitrogens with zero attached hydrogens (tertiary/aromatic N) is 1. The SMILES string of the molecule is O=C(Nc1ccc(C(F)(F)F)cc1)Nc1cc(S(=O)(=O)N2CCOCC2)ccc1Cl. The van der Waals surface area contributed by atoms with Crippen molar-refractivity contribution < 1.29 is 31.1 Å². The normalized spacial score (nSPS) is 15.6. The number of halogens is 4. The minimum Gasteiger partial charge on any atom is -0.379 e. The molecule has 2 amide bonds. The lowest BCUT2D eigenvalue weighted by atomic mass is 10.2. The number of carbonyl (C=O) groups is 1. The van der Waals surface area contributed by atoms with E-state index in [0.717, 1.165) is 24.3 Å². The molecule has 0 bridgehead atoms. The fourth-order valence-electron chi connectivity index (χ4n) is 2.72. The summed E-state index contributed by atoms with van der Waals surface area (Å²) >= 11 is 6.05. The van der Waals surface area contributed by atoms with Crippen LogP contribution in [0.3, 0.4) is 0 Å². The Kier molecular flexibility index (Phi) is 6.56. The summed E-state index contributed by atoms with van der Waals surface area (Å²) in [4.78, 5) is 12.1. The van der Waals surface area contributed by atoms with Crippen LogP contribution < -0.4 is 10.6 Å². The van der Waals surface area contributed by atoms with Gasteiger partial charge in [0.25, 0.3) is 0 Å². The van der Waals surface area contributed by atoms with Crippen molar-refractivity contribution in [1.29, 1.82) is 0 Å². The summed E-state index contributed by atoms with van der Waals surface area (Å²) in [6.45, 7) is 0.991. The zero-order valence-electron chi connectivity index (χ0n) is 15.4. The second kappa shape index (κ2) is 8.80. The fourth-order valence-corrected chi connectivity index (χ4v) is 4.32. The molecule has 2 aromatic rings. The first-order valence-electron chi connectivity index (χ1n) is 8.70. The van der Waals surface area contributed by atoms with Gasteiger partial charge in [0.15, 0.2) is 0 Å². The number of rotatable bonds is 4. The molecule has 1 saturated heterocycles. The summed E-state index contributed by atoms with van der Waals surface area (Å²) in [5, 5.41) is 4.87. The minimum atomic E-state index is -4.49. The molecule has 2 N–H and O–H groups in total. The van der Waals surface area contributed by atoms with Crippen molar-refractivity contribution in [2.24, 2.45) is 0 Å². The molecule has 0 saturated carbocycles. The van der Waals surface area contributed by atoms with Crippen LogP contribution in [0.4, 0.5) is 29.3 Å². The summed E-state index contributed by atoms with van der Waals surface area (Å²) in [6, 6.07) is 6.95. The number of benzene rings is 2. The van der Waals surface area contributed by atoms with Crippen LogP contribution in [-0.4, -0.2) is 45.1 Å². The monoisotopic (exact) mass is 463 g/mol. The van der Waals surface area contributed by atoms with Gasteiger partial charge in [-0.05, 0) is 42.5 Å². The molecule has 162 valence electrons. The third-order valence-electron chi connectivity index (χ3n) is 4.26. The van der Waals surface area contributed by atoms with Gasteiger partial charge in [-0.1, -0.05) is 11.6 Å². The van der Waals surface area contributed by atoms with E-state index < -0.39 is 27.8 Å². The number of urea groups is 1. The van der Waals surface area contributed by atoms with Crippen molar-refractivity contribution in [3.8, 4) is 0 Å². The molecule has 1 aliphatic rings. The maximum Gasteiger partial charge on any atom is 0.416 e. The Labute approximate surface area is 175 Å². The minimum absolute atomic E-state index is 0.0374. The molecule has 0 radical (unpaired) electrons. The van der Waals surface area contributed by atoms with Gasteiger partial charge in [-0.15, -0.1) is 0 Å². The third-order valence-corrected chi connectivity index (χ3v) is 6.49. The van der Waals surface area contributed by atoms with Gasteiger partial charge in [0.1, 0.15) is 0 Å². The smallest absolute Gasteiger partial charge is 0.379 e. The topological polar surface area (TPSA) is 87.7 Å². The molecule has 1 heterocycles. The molecule has 0 spiro atoms. The number of sulfonamides is 1. The molecule has 0 unspecified atom stereocenters. The highest BCUT2D eigenvalue weighted by atomic mass is 35.5. The number of morpholine rings is 1. The average molecular weight is 464 g/mol. The highest BCUT2D eigenvalue weighted by Gasteiger charge is 2.30. The van der Waals surface area contributed by atoms with Crippen LogP contribution in [0, 0.1) is 0 Å². The van der Waals surface area contributed by atoms with E-state index in [9.17, 15) is 26.4 Å². The lowest BCUT2D eigenvalue weighted by Gasteiger charge is -2.26. The molecule has 1 aliphatic heterocycles. The van der Waals surface area contributed by atoms with Gasteiger partial charge in [-0.2, -0.15) is 17.5 Å². The van der Waals surface area contributed by atoms with Crippen LogP contribution in [-0.2, 0) is 20.9 Å². The molecule has 0 aliphatic carbocycles. The number of alkyl halides is 3. The Balaban J connectivity index is 1.73. The van der Waals surface area contributed by atoms with E-state index >= 15 is 0 Å². The zero-order chi connectivity index (χ0) is 21.9. The quantitative estimate of drug-likeness (QED) is 0.716. The molecule has 3 rings (SSSR count). The van der Waals surface area contributed by atoms with Gasteiger partial charge in [-0.25, -0.2) is 13.2 Å². The van der Waals surface area contributed by atoms with Crippen LogP contribution in [0.25, 0.3) is 0 Å². The maximum absolute atomic E-state index is 12.7. The first-order valence-corrected chi connectivity index (χ1v) is 10.5. The lowest BCUT2D eigenvalue weighted by Crippen LogP contribution is -2.40. The van der Waals surface area contributed by atoms with Gasteiger partial charge in [0.2, 0.25) is 10.0 Å². The first kappa shape index (κ1) is 22.3. The van der Waals surface area contributed by atoms with Crippen molar-refractivity contribution in [3.63, 3.8) is 0 Å². The Morgan fingerprint density at radius 2 is 1.67 bits per heavy atom. The number of hydrogen-bond acceptors (Lipinski definition) is 4. The highest BCUT2D eigenvalue weighted by molar-refractivity contribution is 7.89. The van der Waals surface area contributed by atoms with E-state index in [2.05, 4.69) is 10.6 Å². The standard InChI is InChI=1S/C18H17ClF3N3O4S/c19-15-6-5-14(30(27,28)25-7-9-29-10-8-25)11-16(15)24-17(26)23-13-3-1-12(2-4-13)18(20,21)22/h1-6,11H,7-10H2,(H2,23,24,26). The number of anilines is 2. The second-order valence-corrected chi connectivity index (χ2v) is 8.66. The van der Waals surface area contributed by atoms with Crippen LogP contribution in [0.1, 0.15) is 5.56 Å².